The highest BCUT2D eigenvalue weighted by Gasteiger charge is 2.10. The number of para-hydroxylation sites is 1. The Kier molecular flexibility index (Phi) is 8.82. The van der Waals surface area contributed by atoms with E-state index in [0.29, 0.717) is 24.6 Å². The zero-order valence-corrected chi connectivity index (χ0v) is 17.1. The summed E-state index contributed by atoms with van der Waals surface area (Å²) in [5.74, 6) is 1.27. The predicted molar refractivity (Wildman–Crippen MR) is 110 cm³/mol. The van der Waals surface area contributed by atoms with Gasteiger partial charge in [0.1, 0.15) is 5.75 Å². The van der Waals surface area contributed by atoms with Crippen molar-refractivity contribution in [1.82, 2.24) is 10.6 Å². The van der Waals surface area contributed by atoms with Crippen LogP contribution in [0.5, 0.6) is 17.2 Å². The van der Waals surface area contributed by atoms with Crippen LogP contribution >= 0.6 is 0 Å². The Hall–Kier alpha value is -3.22. The van der Waals surface area contributed by atoms with Gasteiger partial charge in [-0.05, 0) is 42.7 Å². The minimum atomic E-state index is -0.216. The van der Waals surface area contributed by atoms with Crippen LogP contribution in [0, 0.1) is 0 Å². The molecule has 7 heteroatoms. The molecular formula is C22H28N2O5. The lowest BCUT2D eigenvalue weighted by Gasteiger charge is -2.13. The summed E-state index contributed by atoms with van der Waals surface area (Å²) in [4.78, 5) is 23.6. The quantitative estimate of drug-likeness (QED) is 0.605. The van der Waals surface area contributed by atoms with Crippen LogP contribution in [0.4, 0.5) is 0 Å². The zero-order valence-electron chi connectivity index (χ0n) is 17.1. The SMILES string of the molecule is CCNC(=O)COc1ccc(CNC(=O)COc2ccccc2CC)cc1OC. The topological polar surface area (TPSA) is 85.9 Å². The van der Waals surface area contributed by atoms with Gasteiger partial charge in [-0.2, -0.15) is 0 Å². The summed E-state index contributed by atoms with van der Waals surface area (Å²) in [5, 5.41) is 5.48. The van der Waals surface area contributed by atoms with Crippen molar-refractivity contribution < 1.29 is 23.8 Å². The number of hydrogen-bond donors (Lipinski definition) is 2. The average Bonchev–Trinajstić information content (AvgIpc) is 2.75. The first kappa shape index (κ1) is 22.1. The standard InChI is InChI=1S/C22H28N2O5/c1-4-17-8-6-7-9-18(17)28-15-22(26)24-13-16-10-11-19(20(12-16)27-3)29-14-21(25)23-5-2/h6-12H,4-5,13-15H2,1-3H3,(H,23,25)(H,24,26). The van der Waals surface area contributed by atoms with Gasteiger partial charge in [-0.1, -0.05) is 31.2 Å². The molecule has 0 aliphatic rings. The van der Waals surface area contributed by atoms with Crippen LogP contribution in [0.2, 0.25) is 0 Å². The molecule has 2 amide bonds. The van der Waals surface area contributed by atoms with Crippen molar-refractivity contribution in [1.29, 1.82) is 0 Å². The summed E-state index contributed by atoms with van der Waals surface area (Å²) < 4.78 is 16.4. The fraction of sp³-hybridized carbons (Fsp3) is 0.364. The Labute approximate surface area is 171 Å². The van der Waals surface area contributed by atoms with E-state index in [0.717, 1.165) is 23.3 Å². The molecule has 156 valence electrons. The molecule has 29 heavy (non-hydrogen) atoms. The van der Waals surface area contributed by atoms with Gasteiger partial charge in [0.25, 0.3) is 11.8 Å². The molecule has 0 saturated carbocycles. The van der Waals surface area contributed by atoms with Gasteiger partial charge >= 0.3 is 0 Å². The second-order valence-corrected chi connectivity index (χ2v) is 6.25. The minimum absolute atomic E-state index is 0.0537. The maximum absolute atomic E-state index is 12.1. The fourth-order valence-electron chi connectivity index (χ4n) is 2.66. The number of carbonyl (C=O) groups is 2. The van der Waals surface area contributed by atoms with Gasteiger partial charge in [-0.3, -0.25) is 9.59 Å². The van der Waals surface area contributed by atoms with Crippen molar-refractivity contribution in [2.75, 3.05) is 26.9 Å². The number of nitrogens with one attached hydrogen (secondary N) is 2. The van der Waals surface area contributed by atoms with Crippen LogP contribution in [0.3, 0.4) is 0 Å². The van der Waals surface area contributed by atoms with E-state index in [2.05, 4.69) is 10.6 Å². The first-order valence-corrected chi connectivity index (χ1v) is 9.61. The molecular weight excluding hydrogens is 372 g/mol. The summed E-state index contributed by atoms with van der Waals surface area (Å²) in [5.41, 5.74) is 1.91. The monoisotopic (exact) mass is 400 g/mol. The number of aryl methyl sites for hydroxylation is 1. The van der Waals surface area contributed by atoms with E-state index in [1.54, 1.807) is 12.1 Å². The Morgan fingerprint density at radius 1 is 0.862 bits per heavy atom. The molecule has 0 unspecified atom stereocenters. The molecule has 2 N–H and O–H groups in total. The number of benzene rings is 2. The number of ether oxygens (including phenoxy) is 3. The highest BCUT2D eigenvalue weighted by atomic mass is 16.5. The van der Waals surface area contributed by atoms with Crippen LogP contribution in [0.25, 0.3) is 0 Å². The van der Waals surface area contributed by atoms with Crippen LogP contribution in [0.15, 0.2) is 42.5 Å². The molecule has 0 heterocycles. The fourth-order valence-corrected chi connectivity index (χ4v) is 2.66. The molecule has 0 radical (unpaired) electrons. The Bertz CT molecular complexity index is 823. The molecule has 0 aliphatic carbocycles. The van der Waals surface area contributed by atoms with E-state index >= 15 is 0 Å². The third-order valence-electron chi connectivity index (χ3n) is 4.16. The number of amides is 2. The van der Waals surface area contributed by atoms with Gasteiger partial charge in [0.15, 0.2) is 24.7 Å². The molecule has 0 bridgehead atoms. The summed E-state index contributed by atoms with van der Waals surface area (Å²) in [7, 11) is 1.52. The highest BCUT2D eigenvalue weighted by molar-refractivity contribution is 5.78. The third-order valence-corrected chi connectivity index (χ3v) is 4.16. The first-order chi connectivity index (χ1) is 14.1. The lowest BCUT2D eigenvalue weighted by molar-refractivity contribution is -0.123. The highest BCUT2D eigenvalue weighted by Crippen LogP contribution is 2.28. The normalized spacial score (nSPS) is 10.2. The Balaban J connectivity index is 1.86. The third kappa shape index (κ3) is 7.03. The summed E-state index contributed by atoms with van der Waals surface area (Å²) >= 11 is 0. The van der Waals surface area contributed by atoms with Crippen LogP contribution < -0.4 is 24.8 Å². The summed E-state index contributed by atoms with van der Waals surface area (Å²) in [6.45, 7) is 4.61. The summed E-state index contributed by atoms with van der Waals surface area (Å²) in [6.07, 6.45) is 0.839. The van der Waals surface area contributed by atoms with Gasteiger partial charge in [0.2, 0.25) is 0 Å². The maximum Gasteiger partial charge on any atom is 0.258 e. The second-order valence-electron chi connectivity index (χ2n) is 6.25. The van der Waals surface area contributed by atoms with E-state index in [4.69, 9.17) is 14.2 Å². The van der Waals surface area contributed by atoms with Crippen LogP contribution in [-0.2, 0) is 22.6 Å². The predicted octanol–water partition coefficient (Wildman–Crippen LogP) is 2.47. The molecule has 0 aliphatic heterocycles. The van der Waals surface area contributed by atoms with E-state index in [1.165, 1.54) is 7.11 Å². The lowest BCUT2D eigenvalue weighted by Crippen LogP contribution is -2.29. The number of methoxy groups -OCH3 is 1. The van der Waals surface area contributed by atoms with Crippen LogP contribution in [-0.4, -0.2) is 38.7 Å². The van der Waals surface area contributed by atoms with Crippen molar-refractivity contribution in [2.24, 2.45) is 0 Å². The van der Waals surface area contributed by atoms with E-state index in [-0.39, 0.29) is 25.0 Å². The molecule has 0 fully saturated rings. The number of carbonyl (C=O) groups excluding carboxylic acids is 2. The van der Waals surface area contributed by atoms with Gasteiger partial charge in [0.05, 0.1) is 7.11 Å². The van der Waals surface area contributed by atoms with E-state index in [1.807, 2.05) is 44.2 Å². The number of likely N-dealkylation sites (N-methyl/N-ethyl adjacent to an activating group) is 1. The number of rotatable bonds is 11. The van der Waals surface area contributed by atoms with Crippen molar-refractivity contribution in [3.63, 3.8) is 0 Å². The Morgan fingerprint density at radius 3 is 2.24 bits per heavy atom. The van der Waals surface area contributed by atoms with Crippen molar-refractivity contribution >= 4 is 11.8 Å². The van der Waals surface area contributed by atoms with E-state index in [9.17, 15) is 9.59 Å². The van der Waals surface area contributed by atoms with Crippen molar-refractivity contribution in [3.8, 4) is 17.2 Å². The molecule has 2 aromatic rings. The van der Waals surface area contributed by atoms with Crippen LogP contribution in [0.1, 0.15) is 25.0 Å². The van der Waals surface area contributed by atoms with Crippen molar-refractivity contribution in [3.05, 3.63) is 53.6 Å². The van der Waals surface area contributed by atoms with Crippen molar-refractivity contribution in [2.45, 2.75) is 26.8 Å². The molecule has 0 atom stereocenters. The lowest BCUT2D eigenvalue weighted by atomic mass is 10.1. The molecule has 0 aromatic heterocycles. The first-order valence-electron chi connectivity index (χ1n) is 9.61. The molecule has 2 rings (SSSR count). The molecule has 7 nitrogen and oxygen atoms in total. The van der Waals surface area contributed by atoms with Gasteiger partial charge in [-0.25, -0.2) is 0 Å². The van der Waals surface area contributed by atoms with Gasteiger partial charge < -0.3 is 24.8 Å². The molecule has 0 saturated heterocycles. The molecule has 0 spiro atoms. The largest absolute Gasteiger partial charge is 0.493 e. The molecule has 2 aromatic carbocycles. The van der Waals surface area contributed by atoms with Gasteiger partial charge in [-0.15, -0.1) is 0 Å². The number of hydrogen-bond acceptors (Lipinski definition) is 5. The Morgan fingerprint density at radius 2 is 1.55 bits per heavy atom. The van der Waals surface area contributed by atoms with E-state index < -0.39 is 0 Å². The zero-order chi connectivity index (χ0) is 21.1. The maximum atomic E-state index is 12.1. The smallest absolute Gasteiger partial charge is 0.258 e. The minimum Gasteiger partial charge on any atom is -0.493 e. The second kappa shape index (κ2) is 11.6. The average molecular weight is 400 g/mol. The summed E-state index contributed by atoms with van der Waals surface area (Å²) in [6, 6.07) is 13.0. The van der Waals surface area contributed by atoms with Gasteiger partial charge in [0, 0.05) is 13.1 Å².